The normalized spacial score (nSPS) is 11.1. The van der Waals surface area contributed by atoms with Crippen molar-refractivity contribution in [2.75, 3.05) is 0 Å². The van der Waals surface area contributed by atoms with Crippen molar-refractivity contribution < 1.29 is 0 Å². The Hall–Kier alpha value is -2.75. The second-order valence-corrected chi connectivity index (χ2v) is 4.43. The maximum Gasteiger partial charge on any atom is 0.118 e. The van der Waals surface area contributed by atoms with Gasteiger partial charge in [0, 0.05) is 5.56 Å². The summed E-state index contributed by atoms with van der Waals surface area (Å²) < 4.78 is 0. The van der Waals surface area contributed by atoms with Crippen LogP contribution in [0.5, 0.6) is 0 Å². The van der Waals surface area contributed by atoms with Gasteiger partial charge in [-0.3, -0.25) is 0 Å². The third-order valence-electron chi connectivity index (χ3n) is 3.04. The van der Waals surface area contributed by atoms with Gasteiger partial charge >= 0.3 is 0 Å². The largest absolute Gasteiger partial charge is 0.157 e. The minimum absolute atomic E-state index is 0.857. The highest BCUT2D eigenvalue weighted by Crippen LogP contribution is 2.19. The van der Waals surface area contributed by atoms with E-state index in [0.29, 0.717) is 0 Å². The van der Waals surface area contributed by atoms with Crippen LogP contribution in [0.15, 0.2) is 65.8 Å². The van der Waals surface area contributed by atoms with E-state index in [0.717, 1.165) is 22.5 Å². The SMILES string of the molecule is Cc1c(-c2ccccc2)nnn1/N=C/c1ccccc1. The number of aromatic nitrogens is 3. The lowest BCUT2D eigenvalue weighted by molar-refractivity contribution is 0.679. The number of hydrogen-bond acceptors (Lipinski definition) is 3. The summed E-state index contributed by atoms with van der Waals surface area (Å²) in [6.07, 6.45) is 1.77. The summed E-state index contributed by atoms with van der Waals surface area (Å²) >= 11 is 0. The zero-order valence-electron chi connectivity index (χ0n) is 11.1. The van der Waals surface area contributed by atoms with Gasteiger partial charge in [0.2, 0.25) is 0 Å². The molecular weight excluding hydrogens is 248 g/mol. The smallest absolute Gasteiger partial charge is 0.118 e. The van der Waals surface area contributed by atoms with E-state index >= 15 is 0 Å². The number of benzene rings is 2. The molecule has 0 radical (unpaired) electrons. The lowest BCUT2D eigenvalue weighted by Gasteiger charge is -1.98. The van der Waals surface area contributed by atoms with Gasteiger partial charge in [-0.05, 0) is 17.7 Å². The van der Waals surface area contributed by atoms with Crippen molar-refractivity contribution in [1.29, 1.82) is 0 Å². The van der Waals surface area contributed by atoms with E-state index in [2.05, 4.69) is 15.4 Å². The van der Waals surface area contributed by atoms with E-state index in [1.807, 2.05) is 67.6 Å². The van der Waals surface area contributed by atoms with Crippen LogP contribution < -0.4 is 0 Å². The Labute approximate surface area is 117 Å². The van der Waals surface area contributed by atoms with Crippen molar-refractivity contribution >= 4 is 6.21 Å². The predicted octanol–water partition coefficient (Wildman–Crippen LogP) is 3.14. The molecule has 0 fully saturated rings. The van der Waals surface area contributed by atoms with Crippen molar-refractivity contribution in [1.82, 2.24) is 15.1 Å². The maximum atomic E-state index is 4.34. The van der Waals surface area contributed by atoms with Gasteiger partial charge in [0.25, 0.3) is 0 Å². The van der Waals surface area contributed by atoms with Gasteiger partial charge in [0.15, 0.2) is 0 Å². The van der Waals surface area contributed by atoms with Crippen molar-refractivity contribution in [2.24, 2.45) is 5.10 Å². The van der Waals surface area contributed by atoms with Crippen LogP contribution in [0, 0.1) is 6.92 Å². The molecule has 0 bridgehead atoms. The molecule has 4 nitrogen and oxygen atoms in total. The fourth-order valence-electron chi connectivity index (χ4n) is 1.95. The van der Waals surface area contributed by atoms with Gasteiger partial charge in [-0.2, -0.15) is 5.10 Å². The molecular formula is C16H14N4. The Kier molecular flexibility index (Phi) is 3.37. The molecule has 0 aliphatic heterocycles. The first-order valence-electron chi connectivity index (χ1n) is 6.42. The van der Waals surface area contributed by atoms with Gasteiger partial charge in [-0.25, -0.2) is 0 Å². The van der Waals surface area contributed by atoms with E-state index < -0.39 is 0 Å². The molecule has 20 heavy (non-hydrogen) atoms. The van der Waals surface area contributed by atoms with Gasteiger partial charge in [0.05, 0.1) is 11.9 Å². The van der Waals surface area contributed by atoms with Crippen molar-refractivity contribution in [3.63, 3.8) is 0 Å². The van der Waals surface area contributed by atoms with Crippen molar-refractivity contribution in [3.05, 3.63) is 71.9 Å². The van der Waals surface area contributed by atoms with Crippen LogP contribution in [0.4, 0.5) is 0 Å². The van der Waals surface area contributed by atoms with Gasteiger partial charge in [0.1, 0.15) is 5.69 Å². The Bertz CT molecular complexity index is 715. The first-order valence-corrected chi connectivity index (χ1v) is 6.42. The molecule has 0 aliphatic rings. The predicted molar refractivity (Wildman–Crippen MR) is 79.6 cm³/mol. The molecule has 3 aromatic rings. The Morgan fingerprint density at radius 3 is 2.30 bits per heavy atom. The summed E-state index contributed by atoms with van der Waals surface area (Å²) in [5.41, 5.74) is 3.86. The van der Waals surface area contributed by atoms with Crippen molar-refractivity contribution in [3.8, 4) is 11.3 Å². The Morgan fingerprint density at radius 1 is 0.950 bits per heavy atom. The summed E-state index contributed by atoms with van der Waals surface area (Å²) in [5.74, 6) is 0. The summed E-state index contributed by atoms with van der Waals surface area (Å²) in [4.78, 5) is 1.55. The standard InChI is InChI=1S/C16H14N4/c1-13-16(15-10-6-3-7-11-15)18-19-20(13)17-12-14-8-4-2-5-9-14/h2-12H,1H3/b17-12+. The van der Waals surface area contributed by atoms with Crippen LogP contribution in [0.2, 0.25) is 0 Å². The number of rotatable bonds is 3. The van der Waals surface area contributed by atoms with Crippen LogP contribution in [-0.4, -0.2) is 21.3 Å². The highest BCUT2D eigenvalue weighted by atomic mass is 15.6. The van der Waals surface area contributed by atoms with Gasteiger partial charge in [-0.15, -0.1) is 9.89 Å². The Balaban J connectivity index is 1.90. The molecule has 0 amide bonds. The molecule has 0 aliphatic carbocycles. The third kappa shape index (κ3) is 2.49. The van der Waals surface area contributed by atoms with Crippen molar-refractivity contribution in [2.45, 2.75) is 6.92 Å². The highest BCUT2D eigenvalue weighted by molar-refractivity contribution is 5.79. The van der Waals surface area contributed by atoms with Crippen LogP contribution >= 0.6 is 0 Å². The van der Waals surface area contributed by atoms with Gasteiger partial charge in [-0.1, -0.05) is 60.7 Å². The summed E-state index contributed by atoms with van der Waals surface area (Å²) in [6.45, 7) is 1.96. The van der Waals surface area contributed by atoms with E-state index in [1.165, 1.54) is 0 Å². The lowest BCUT2D eigenvalue weighted by atomic mass is 10.1. The topological polar surface area (TPSA) is 43.1 Å². The monoisotopic (exact) mass is 262 g/mol. The third-order valence-corrected chi connectivity index (χ3v) is 3.04. The minimum Gasteiger partial charge on any atom is -0.157 e. The molecule has 0 saturated heterocycles. The second-order valence-electron chi connectivity index (χ2n) is 4.43. The zero-order chi connectivity index (χ0) is 13.8. The quantitative estimate of drug-likeness (QED) is 0.680. The maximum absolute atomic E-state index is 4.34. The molecule has 3 rings (SSSR count). The minimum atomic E-state index is 0.857. The van der Waals surface area contributed by atoms with Crippen LogP contribution in [0.25, 0.3) is 11.3 Å². The molecule has 0 saturated carbocycles. The fourth-order valence-corrected chi connectivity index (χ4v) is 1.95. The van der Waals surface area contributed by atoms with Gasteiger partial charge < -0.3 is 0 Å². The summed E-state index contributed by atoms with van der Waals surface area (Å²) in [6, 6.07) is 19.9. The van der Waals surface area contributed by atoms with Crippen LogP contribution in [0.1, 0.15) is 11.3 Å². The molecule has 2 aromatic carbocycles. The van der Waals surface area contributed by atoms with Crippen LogP contribution in [0.3, 0.4) is 0 Å². The summed E-state index contributed by atoms with van der Waals surface area (Å²) in [5, 5.41) is 12.6. The molecule has 0 unspecified atom stereocenters. The molecule has 0 N–H and O–H groups in total. The van der Waals surface area contributed by atoms with E-state index in [1.54, 1.807) is 11.0 Å². The second kappa shape index (κ2) is 5.48. The average molecular weight is 262 g/mol. The molecule has 1 aromatic heterocycles. The van der Waals surface area contributed by atoms with E-state index in [9.17, 15) is 0 Å². The summed E-state index contributed by atoms with van der Waals surface area (Å²) in [7, 11) is 0. The Morgan fingerprint density at radius 2 is 1.60 bits per heavy atom. The average Bonchev–Trinajstić information content (AvgIpc) is 2.88. The van der Waals surface area contributed by atoms with E-state index in [4.69, 9.17) is 0 Å². The first-order chi connectivity index (χ1) is 9.84. The van der Waals surface area contributed by atoms with E-state index in [-0.39, 0.29) is 0 Å². The molecule has 0 atom stereocenters. The zero-order valence-corrected chi connectivity index (χ0v) is 11.1. The molecule has 4 heteroatoms. The first kappa shape index (κ1) is 12.3. The highest BCUT2D eigenvalue weighted by Gasteiger charge is 2.09. The molecule has 98 valence electrons. The molecule has 0 spiro atoms. The fraction of sp³-hybridized carbons (Fsp3) is 0.0625. The van der Waals surface area contributed by atoms with Crippen LogP contribution in [-0.2, 0) is 0 Å². The molecule has 1 heterocycles. The lowest BCUT2D eigenvalue weighted by Crippen LogP contribution is -1.95. The number of nitrogens with zero attached hydrogens (tertiary/aromatic N) is 4. The number of hydrogen-bond donors (Lipinski definition) is 0.